The topological polar surface area (TPSA) is 290 Å². The summed E-state index contributed by atoms with van der Waals surface area (Å²) in [5, 5.41) is 106. The minimum atomic E-state index is -2.08. The maximum Gasteiger partial charge on any atom is 0.339 e. The van der Waals surface area contributed by atoms with Crippen LogP contribution in [0, 0.1) is 0 Å². The summed E-state index contributed by atoms with van der Waals surface area (Å²) in [4.78, 5) is 39.8. The molecule has 0 radical (unpaired) electrons. The number of esters is 2. The molecule has 0 aliphatic carbocycles. The average Bonchev–Trinajstić information content (AvgIpc) is 3.12. The van der Waals surface area contributed by atoms with Gasteiger partial charge in [0.1, 0.15) is 47.7 Å². The number of hydrogen-bond donors (Lipinski definition) is 10. The van der Waals surface area contributed by atoms with E-state index in [-0.39, 0.29) is 12.2 Å². The van der Waals surface area contributed by atoms with E-state index in [1.807, 2.05) is 18.2 Å². The molecule has 6 rings (SSSR count). The van der Waals surface area contributed by atoms with Gasteiger partial charge in [-0.1, -0.05) is 30.3 Å². The largest absolute Gasteiger partial charge is 0.507 e. The van der Waals surface area contributed by atoms with E-state index in [9.17, 15) is 65.4 Å². The van der Waals surface area contributed by atoms with Crippen molar-refractivity contribution in [2.24, 2.45) is 0 Å². The molecule has 0 amide bonds. The number of aryl methyl sites for hydroxylation is 1. The Morgan fingerprint density at radius 1 is 0.712 bits per heavy atom. The zero-order valence-corrected chi connectivity index (χ0v) is 26.5. The molecule has 0 saturated carbocycles. The van der Waals surface area contributed by atoms with Gasteiger partial charge in [-0.15, -0.1) is 0 Å². The molecule has 5 atom stereocenters. The van der Waals surface area contributed by atoms with Gasteiger partial charge < -0.3 is 70.0 Å². The summed E-state index contributed by atoms with van der Waals surface area (Å²) in [6.45, 7) is -0.882. The number of carbonyl (C=O) groups excluding carboxylic acids is 3. The quantitative estimate of drug-likeness (QED) is 0.0774. The van der Waals surface area contributed by atoms with Crippen LogP contribution in [0.2, 0.25) is 0 Å². The Morgan fingerprint density at radius 2 is 1.27 bits per heavy atom. The lowest BCUT2D eigenvalue weighted by Crippen LogP contribution is -2.61. The number of phenols is 8. The van der Waals surface area contributed by atoms with Crippen LogP contribution >= 0.6 is 0 Å². The van der Waals surface area contributed by atoms with Crippen LogP contribution in [0.1, 0.15) is 43.1 Å². The number of aromatic hydroxyl groups is 8. The molecular formula is C35H30O17. The number of carbonyl (C=O) groups is 3. The number of fused-ring (bicyclic) bond motifs is 4. The van der Waals surface area contributed by atoms with Crippen LogP contribution < -0.4 is 4.74 Å². The predicted molar refractivity (Wildman–Crippen MR) is 172 cm³/mol. The van der Waals surface area contributed by atoms with Gasteiger partial charge in [0.2, 0.25) is 17.8 Å². The summed E-state index contributed by atoms with van der Waals surface area (Å²) >= 11 is 0. The molecule has 1 saturated heterocycles. The van der Waals surface area contributed by atoms with Crippen molar-refractivity contribution >= 4 is 17.7 Å². The molecule has 4 aromatic rings. The van der Waals surface area contributed by atoms with Crippen LogP contribution in [0.4, 0.5) is 0 Å². The molecule has 17 heteroatoms. The van der Waals surface area contributed by atoms with Crippen molar-refractivity contribution in [3.63, 3.8) is 0 Å². The third kappa shape index (κ3) is 6.34. The van der Waals surface area contributed by atoms with Crippen molar-refractivity contribution in [3.05, 3.63) is 76.9 Å². The molecule has 52 heavy (non-hydrogen) atoms. The maximum atomic E-state index is 13.6. The summed E-state index contributed by atoms with van der Waals surface area (Å²) in [5.41, 5.74) is -2.86. The number of aliphatic hydroxyl groups excluding tert-OH is 2. The Bertz CT molecular complexity index is 2060. The van der Waals surface area contributed by atoms with Crippen LogP contribution in [-0.2, 0) is 20.6 Å². The fraction of sp³-hybridized carbons (Fsp3) is 0.229. The van der Waals surface area contributed by atoms with Crippen LogP contribution in [0.3, 0.4) is 0 Å². The van der Waals surface area contributed by atoms with Crippen molar-refractivity contribution < 1.29 is 84.4 Å². The monoisotopic (exact) mass is 722 g/mol. The van der Waals surface area contributed by atoms with Crippen molar-refractivity contribution in [1.82, 2.24) is 0 Å². The number of ketones is 1. The average molecular weight is 723 g/mol. The number of aliphatic hydroxyl groups is 2. The first kappa shape index (κ1) is 35.4. The standard InChI is InChI=1S/C35H30O17/c36-17(7-6-13-4-2-1-3-5-13)25-18(37)8-14(9-19(25)38)50-35-31(46)30(45)32-22(51-35)12-49-33(47)15-10-20(39)26(41)28(43)23(15)24-16(34(48)52-32)11-21(40)27(42)29(24)44/h1-5,8-11,22,30-32,35,37-46H,6-7,12H2/t22-,30-,31-,32-,35-/m1/s1. The van der Waals surface area contributed by atoms with E-state index < -0.39 is 129 Å². The maximum absolute atomic E-state index is 13.6. The van der Waals surface area contributed by atoms with E-state index in [1.54, 1.807) is 12.1 Å². The van der Waals surface area contributed by atoms with Crippen molar-refractivity contribution in [2.45, 2.75) is 43.5 Å². The second kappa shape index (κ2) is 13.7. The second-order valence-corrected chi connectivity index (χ2v) is 11.9. The number of cyclic esters (lactones) is 1. The van der Waals surface area contributed by atoms with E-state index in [0.29, 0.717) is 18.6 Å². The van der Waals surface area contributed by atoms with Crippen LogP contribution in [-0.4, -0.2) is 106 Å². The first-order chi connectivity index (χ1) is 24.7. The first-order valence-corrected chi connectivity index (χ1v) is 15.4. The summed E-state index contributed by atoms with van der Waals surface area (Å²) < 4.78 is 21.9. The molecule has 4 aromatic carbocycles. The minimum Gasteiger partial charge on any atom is -0.507 e. The Kier molecular flexibility index (Phi) is 9.33. The smallest absolute Gasteiger partial charge is 0.339 e. The van der Waals surface area contributed by atoms with Gasteiger partial charge in [-0.3, -0.25) is 4.79 Å². The first-order valence-electron chi connectivity index (χ1n) is 15.4. The van der Waals surface area contributed by atoms with Crippen LogP contribution in [0.5, 0.6) is 51.7 Å². The Morgan fingerprint density at radius 3 is 1.85 bits per heavy atom. The fourth-order valence-corrected chi connectivity index (χ4v) is 5.92. The Labute approximate surface area is 291 Å². The lowest BCUT2D eigenvalue weighted by Gasteiger charge is -2.41. The van der Waals surface area contributed by atoms with E-state index in [0.717, 1.165) is 17.7 Å². The highest BCUT2D eigenvalue weighted by Gasteiger charge is 2.49. The lowest BCUT2D eigenvalue weighted by molar-refractivity contribution is -0.276. The number of Topliss-reactive ketones (excluding diaryl/α,β-unsaturated/α-hetero) is 1. The van der Waals surface area contributed by atoms with Gasteiger partial charge in [-0.2, -0.15) is 0 Å². The zero-order valence-electron chi connectivity index (χ0n) is 26.5. The van der Waals surface area contributed by atoms with E-state index in [2.05, 4.69) is 0 Å². The molecule has 0 unspecified atom stereocenters. The third-order valence-electron chi connectivity index (χ3n) is 8.55. The van der Waals surface area contributed by atoms with Crippen molar-refractivity contribution in [1.29, 1.82) is 0 Å². The summed E-state index contributed by atoms with van der Waals surface area (Å²) in [6, 6.07) is 12.1. The SMILES string of the molecule is O=C1OC[C@H]2O[C@@H](Oc3cc(O)c(C(=O)CCc4ccccc4)c(O)c3)[C@H](O)[C@@H](O)[C@@H]2OC(=O)c2cc(O)c(O)c(O)c2-c2c1cc(O)c(O)c2O. The molecule has 0 aromatic heterocycles. The van der Waals surface area contributed by atoms with Crippen molar-refractivity contribution in [2.75, 3.05) is 6.61 Å². The second-order valence-electron chi connectivity index (χ2n) is 11.9. The Balaban J connectivity index is 1.31. The molecule has 2 aliphatic rings. The number of rotatable bonds is 6. The number of hydrogen-bond acceptors (Lipinski definition) is 17. The predicted octanol–water partition coefficient (Wildman–Crippen LogP) is 2.04. The molecule has 10 N–H and O–H groups in total. The number of ether oxygens (including phenoxy) is 4. The molecule has 17 nitrogen and oxygen atoms in total. The van der Waals surface area contributed by atoms with Gasteiger partial charge in [-0.25, -0.2) is 9.59 Å². The highest BCUT2D eigenvalue weighted by Crippen LogP contribution is 2.53. The van der Waals surface area contributed by atoms with Crippen LogP contribution in [0.15, 0.2) is 54.6 Å². The van der Waals surface area contributed by atoms with Gasteiger partial charge >= 0.3 is 11.9 Å². The van der Waals surface area contributed by atoms with Gasteiger partial charge in [0, 0.05) is 29.7 Å². The van der Waals surface area contributed by atoms with E-state index in [4.69, 9.17) is 18.9 Å². The van der Waals surface area contributed by atoms with Crippen molar-refractivity contribution in [3.8, 4) is 62.9 Å². The highest BCUT2D eigenvalue weighted by atomic mass is 16.7. The van der Waals surface area contributed by atoms with E-state index >= 15 is 0 Å². The minimum absolute atomic E-state index is 0.0573. The number of phenolic OH excluding ortho intramolecular Hbond substituents is 8. The van der Waals surface area contributed by atoms with Gasteiger partial charge in [0.05, 0.1) is 11.1 Å². The summed E-state index contributed by atoms with van der Waals surface area (Å²) in [7, 11) is 0. The molecular weight excluding hydrogens is 692 g/mol. The fourth-order valence-electron chi connectivity index (χ4n) is 5.92. The number of benzene rings is 4. The zero-order chi connectivity index (χ0) is 37.6. The summed E-state index contributed by atoms with van der Waals surface area (Å²) in [6.07, 6.45) is -9.29. The molecule has 2 heterocycles. The van der Waals surface area contributed by atoms with Crippen LogP contribution in [0.25, 0.3) is 11.1 Å². The normalized spacial score (nSPS) is 21.4. The third-order valence-corrected chi connectivity index (χ3v) is 8.55. The molecule has 2 aliphatic heterocycles. The lowest BCUT2D eigenvalue weighted by atomic mass is 9.92. The molecule has 0 bridgehead atoms. The highest BCUT2D eigenvalue weighted by molar-refractivity contribution is 6.08. The van der Waals surface area contributed by atoms with Gasteiger partial charge in [-0.05, 0) is 24.1 Å². The molecule has 0 spiro atoms. The van der Waals surface area contributed by atoms with E-state index in [1.165, 1.54) is 0 Å². The van der Waals surface area contributed by atoms with Gasteiger partial charge in [0.15, 0.2) is 34.9 Å². The van der Waals surface area contributed by atoms with Gasteiger partial charge in [0.25, 0.3) is 0 Å². The Hall–Kier alpha value is -6.43. The molecule has 1 fully saturated rings. The molecule has 272 valence electrons. The summed E-state index contributed by atoms with van der Waals surface area (Å²) in [5.74, 6) is -12.2.